The molecule has 1 fully saturated rings. The molecule has 142 valence electrons. The van der Waals surface area contributed by atoms with Crippen molar-refractivity contribution < 1.29 is 19.4 Å². The van der Waals surface area contributed by atoms with E-state index in [2.05, 4.69) is 5.32 Å². The number of amides is 1. The summed E-state index contributed by atoms with van der Waals surface area (Å²) in [6, 6.07) is 16.2. The van der Waals surface area contributed by atoms with E-state index in [1.54, 1.807) is 30.3 Å². The van der Waals surface area contributed by atoms with Crippen LogP contribution in [0.25, 0.3) is 0 Å². The summed E-state index contributed by atoms with van der Waals surface area (Å²) in [4.78, 5) is 24.9. The van der Waals surface area contributed by atoms with Crippen molar-refractivity contribution in [1.82, 2.24) is 5.32 Å². The fourth-order valence-electron chi connectivity index (χ4n) is 3.58. The highest BCUT2D eigenvalue weighted by molar-refractivity contribution is 6.31. The molecule has 2 N–H and O–H groups in total. The number of rotatable bonds is 6. The van der Waals surface area contributed by atoms with Crippen molar-refractivity contribution >= 4 is 23.5 Å². The van der Waals surface area contributed by atoms with Gasteiger partial charge < -0.3 is 15.2 Å². The van der Waals surface area contributed by atoms with Crippen molar-refractivity contribution in [2.45, 2.75) is 24.2 Å². The summed E-state index contributed by atoms with van der Waals surface area (Å²) in [6.45, 7) is 0.935. The quantitative estimate of drug-likeness (QED) is 0.796. The van der Waals surface area contributed by atoms with Gasteiger partial charge in [-0.25, -0.2) is 0 Å². The second-order valence-electron chi connectivity index (χ2n) is 6.69. The maximum atomic E-state index is 13.2. The Morgan fingerprint density at radius 1 is 1.07 bits per heavy atom. The number of aliphatic carboxylic acids is 1. The number of hydrogen-bond donors (Lipinski definition) is 2. The number of halogens is 1. The molecule has 1 aliphatic heterocycles. The number of carbonyl (C=O) groups is 2. The first-order valence-electron chi connectivity index (χ1n) is 8.93. The van der Waals surface area contributed by atoms with E-state index < -0.39 is 17.3 Å². The molecule has 1 saturated heterocycles. The van der Waals surface area contributed by atoms with Crippen LogP contribution in [0, 0.1) is 0 Å². The molecule has 0 bridgehead atoms. The van der Waals surface area contributed by atoms with Gasteiger partial charge in [-0.3, -0.25) is 9.59 Å². The van der Waals surface area contributed by atoms with Crippen molar-refractivity contribution in [3.05, 3.63) is 70.7 Å². The Kier molecular flexibility index (Phi) is 6.14. The molecule has 1 heterocycles. The third-order valence-electron chi connectivity index (χ3n) is 5.14. The third-order valence-corrected chi connectivity index (χ3v) is 5.47. The van der Waals surface area contributed by atoms with Crippen LogP contribution in [-0.4, -0.2) is 36.7 Å². The van der Waals surface area contributed by atoms with Crippen molar-refractivity contribution in [3.8, 4) is 0 Å². The van der Waals surface area contributed by atoms with E-state index in [1.165, 1.54) is 0 Å². The van der Waals surface area contributed by atoms with E-state index >= 15 is 0 Å². The van der Waals surface area contributed by atoms with Crippen LogP contribution >= 0.6 is 11.6 Å². The molecule has 0 aliphatic carbocycles. The Hall–Kier alpha value is -2.37. The second-order valence-corrected chi connectivity index (χ2v) is 7.09. The number of carboxylic acid groups (broad SMARTS) is 1. The van der Waals surface area contributed by atoms with Gasteiger partial charge in [0.15, 0.2) is 0 Å². The number of nitrogens with one attached hydrogen (secondary N) is 1. The first kappa shape index (κ1) is 19.4. The average molecular weight is 388 g/mol. The summed E-state index contributed by atoms with van der Waals surface area (Å²) in [5, 5.41) is 13.0. The number of benzene rings is 2. The van der Waals surface area contributed by atoms with Gasteiger partial charge in [-0.15, -0.1) is 0 Å². The summed E-state index contributed by atoms with van der Waals surface area (Å²) in [7, 11) is 0. The number of ether oxygens (including phenoxy) is 1. The van der Waals surface area contributed by atoms with Crippen molar-refractivity contribution in [2.24, 2.45) is 0 Å². The predicted octanol–water partition coefficient (Wildman–Crippen LogP) is 3.37. The molecule has 0 spiro atoms. The lowest BCUT2D eigenvalue weighted by Crippen LogP contribution is -2.49. The van der Waals surface area contributed by atoms with Gasteiger partial charge in [0, 0.05) is 24.8 Å². The van der Waals surface area contributed by atoms with Crippen LogP contribution in [0.3, 0.4) is 0 Å². The van der Waals surface area contributed by atoms with Crippen LogP contribution in [0.15, 0.2) is 54.6 Å². The zero-order valence-corrected chi connectivity index (χ0v) is 15.6. The van der Waals surface area contributed by atoms with Crippen LogP contribution in [0.4, 0.5) is 0 Å². The SMILES string of the molecule is O=C(O)C(CNC(=O)C1(c2ccccc2Cl)CCOCC1)c1ccccc1. The van der Waals surface area contributed by atoms with Gasteiger partial charge in [0.25, 0.3) is 0 Å². The first-order valence-corrected chi connectivity index (χ1v) is 9.31. The molecule has 5 nitrogen and oxygen atoms in total. The summed E-state index contributed by atoms with van der Waals surface area (Å²) < 4.78 is 5.45. The van der Waals surface area contributed by atoms with Gasteiger partial charge in [0.2, 0.25) is 5.91 Å². The summed E-state index contributed by atoms with van der Waals surface area (Å²) in [5.41, 5.74) is 0.610. The van der Waals surface area contributed by atoms with Crippen LogP contribution < -0.4 is 5.32 Å². The maximum absolute atomic E-state index is 13.2. The second kappa shape index (κ2) is 8.55. The molecule has 0 radical (unpaired) electrons. The highest BCUT2D eigenvalue weighted by Gasteiger charge is 2.43. The Labute approximate surface area is 163 Å². The molecular weight excluding hydrogens is 366 g/mol. The minimum atomic E-state index is -0.972. The molecule has 0 saturated carbocycles. The Bertz CT molecular complexity index is 803. The minimum absolute atomic E-state index is 0.0191. The van der Waals surface area contributed by atoms with Gasteiger partial charge in [0.1, 0.15) is 0 Å². The fraction of sp³-hybridized carbons (Fsp3) is 0.333. The van der Waals surface area contributed by atoms with Crippen LogP contribution in [-0.2, 0) is 19.7 Å². The van der Waals surface area contributed by atoms with Crippen molar-refractivity contribution in [3.63, 3.8) is 0 Å². The molecule has 1 amide bonds. The number of carbonyl (C=O) groups excluding carboxylic acids is 1. The molecular formula is C21H22ClNO4. The molecule has 3 rings (SSSR count). The molecule has 1 unspecified atom stereocenters. The molecule has 0 aromatic heterocycles. The van der Waals surface area contributed by atoms with E-state index in [0.717, 1.165) is 5.56 Å². The van der Waals surface area contributed by atoms with Crippen molar-refractivity contribution in [2.75, 3.05) is 19.8 Å². The molecule has 6 heteroatoms. The largest absolute Gasteiger partial charge is 0.481 e. The van der Waals surface area contributed by atoms with Crippen LogP contribution in [0.1, 0.15) is 29.9 Å². The van der Waals surface area contributed by atoms with E-state index in [0.29, 0.717) is 36.6 Å². The first-order chi connectivity index (χ1) is 13.0. The van der Waals surface area contributed by atoms with E-state index in [9.17, 15) is 14.7 Å². The zero-order valence-electron chi connectivity index (χ0n) is 14.9. The molecule has 1 aliphatic rings. The minimum Gasteiger partial charge on any atom is -0.481 e. The summed E-state index contributed by atoms with van der Waals surface area (Å²) in [5.74, 6) is -1.99. The zero-order chi connectivity index (χ0) is 19.3. The van der Waals surface area contributed by atoms with Crippen LogP contribution in [0.5, 0.6) is 0 Å². The standard InChI is InChI=1S/C21H22ClNO4/c22-18-9-5-4-8-17(18)21(10-12-27-13-11-21)20(26)23-14-16(19(24)25)15-6-2-1-3-7-15/h1-9,16H,10-14H2,(H,23,26)(H,24,25). The summed E-state index contributed by atoms with van der Waals surface area (Å²) >= 11 is 6.39. The lowest BCUT2D eigenvalue weighted by atomic mass is 9.73. The average Bonchev–Trinajstić information content (AvgIpc) is 2.69. The molecule has 2 aromatic rings. The van der Waals surface area contributed by atoms with E-state index in [-0.39, 0.29) is 12.5 Å². The Morgan fingerprint density at radius 3 is 2.33 bits per heavy atom. The van der Waals surface area contributed by atoms with Crippen molar-refractivity contribution in [1.29, 1.82) is 0 Å². The van der Waals surface area contributed by atoms with E-state index in [1.807, 2.05) is 24.3 Å². The third kappa shape index (κ3) is 4.15. The number of carboxylic acids is 1. The lowest BCUT2D eigenvalue weighted by molar-refractivity contribution is -0.139. The smallest absolute Gasteiger partial charge is 0.312 e. The van der Waals surface area contributed by atoms with Gasteiger partial charge in [-0.2, -0.15) is 0 Å². The number of hydrogen-bond acceptors (Lipinski definition) is 3. The normalized spacial score (nSPS) is 17.1. The van der Waals surface area contributed by atoms with E-state index in [4.69, 9.17) is 16.3 Å². The van der Waals surface area contributed by atoms with Gasteiger partial charge >= 0.3 is 5.97 Å². The predicted molar refractivity (Wildman–Crippen MR) is 103 cm³/mol. The monoisotopic (exact) mass is 387 g/mol. The van der Waals surface area contributed by atoms with Gasteiger partial charge in [-0.1, -0.05) is 60.1 Å². The highest BCUT2D eigenvalue weighted by Crippen LogP contribution is 2.39. The Balaban J connectivity index is 1.83. The maximum Gasteiger partial charge on any atom is 0.312 e. The Morgan fingerprint density at radius 2 is 1.70 bits per heavy atom. The molecule has 2 aromatic carbocycles. The topological polar surface area (TPSA) is 75.6 Å². The summed E-state index contributed by atoms with van der Waals surface area (Å²) in [6.07, 6.45) is 1.01. The molecule has 27 heavy (non-hydrogen) atoms. The van der Waals surface area contributed by atoms with Crippen LogP contribution in [0.2, 0.25) is 5.02 Å². The lowest BCUT2D eigenvalue weighted by Gasteiger charge is -2.37. The van der Waals surface area contributed by atoms with Gasteiger partial charge in [0.05, 0.1) is 11.3 Å². The molecule has 1 atom stereocenters. The fourth-order valence-corrected chi connectivity index (χ4v) is 3.90. The van der Waals surface area contributed by atoms with Gasteiger partial charge in [-0.05, 0) is 30.0 Å². The highest BCUT2D eigenvalue weighted by atomic mass is 35.5.